The average molecular weight is 873 g/mol. The highest BCUT2D eigenvalue weighted by atomic mass is 16.7. The summed E-state index contributed by atoms with van der Waals surface area (Å²) in [6.07, 6.45) is 5.59. The molecular weight excluding hydrogens is 813 g/mol. The molecule has 4 aliphatic rings. The summed E-state index contributed by atoms with van der Waals surface area (Å²) in [5.41, 5.74) is 12.6. The van der Waals surface area contributed by atoms with Gasteiger partial charge in [-0.2, -0.15) is 0 Å². The first-order valence-electron chi connectivity index (χ1n) is 22.1. The maximum Gasteiger partial charge on any atom is 0.312 e. The van der Waals surface area contributed by atoms with Crippen LogP contribution < -0.4 is 0 Å². The topological polar surface area (TPSA) is 183 Å². The number of esters is 4. The van der Waals surface area contributed by atoms with Crippen LogP contribution in [0.15, 0.2) is 37.4 Å². The summed E-state index contributed by atoms with van der Waals surface area (Å²) in [4.78, 5) is 68.4. The summed E-state index contributed by atoms with van der Waals surface area (Å²) in [5.74, 6) is -3.28. The third kappa shape index (κ3) is 8.14. The number of carbonyl (C=O) groups excluding carboxylic acids is 4. The van der Waals surface area contributed by atoms with Crippen LogP contribution in [0.3, 0.4) is 0 Å². The van der Waals surface area contributed by atoms with Gasteiger partial charge in [-0.3, -0.25) is 19.2 Å². The van der Waals surface area contributed by atoms with E-state index in [-0.39, 0.29) is 30.7 Å². The largest absolute Gasteiger partial charge is 0.469 e. The number of aliphatic hydroxyl groups is 1. The molecule has 0 spiro atoms. The predicted molar refractivity (Wildman–Crippen MR) is 247 cm³/mol. The van der Waals surface area contributed by atoms with Crippen molar-refractivity contribution in [2.45, 2.75) is 112 Å². The lowest BCUT2D eigenvalue weighted by atomic mass is 9.58. The van der Waals surface area contributed by atoms with Crippen molar-refractivity contribution in [2.75, 3.05) is 14.2 Å². The summed E-state index contributed by atoms with van der Waals surface area (Å²) in [6.45, 7) is 21.7. The van der Waals surface area contributed by atoms with E-state index < -0.39 is 41.6 Å². The first-order chi connectivity index (χ1) is 30.5. The number of cyclic esters (lactones) is 1. The van der Waals surface area contributed by atoms with Gasteiger partial charge in [0.05, 0.1) is 42.9 Å². The molecule has 338 valence electrons. The molecule has 3 N–H and O–H groups in total. The number of methoxy groups -OCH3 is 2. The number of hydrogen-bond donors (Lipinski definition) is 3. The monoisotopic (exact) mass is 872 g/mol. The number of carbonyl (C=O) groups is 4. The number of hydrogen-bond acceptors (Lipinski definition) is 11. The fourth-order valence-corrected chi connectivity index (χ4v) is 10.6. The minimum absolute atomic E-state index is 0.00574. The number of aromatic amines is 2. The first-order valence-corrected chi connectivity index (χ1v) is 22.1. The Morgan fingerprint density at radius 2 is 1.53 bits per heavy atom. The van der Waals surface area contributed by atoms with Crippen LogP contribution in [-0.4, -0.2) is 75.0 Å². The minimum Gasteiger partial charge on any atom is -0.469 e. The summed E-state index contributed by atoms with van der Waals surface area (Å²) in [7, 11) is 2.76. The van der Waals surface area contributed by atoms with Crippen molar-refractivity contribution in [2.24, 2.45) is 23.7 Å². The lowest BCUT2D eigenvalue weighted by Gasteiger charge is -2.55. The molecule has 13 heteroatoms. The van der Waals surface area contributed by atoms with Crippen molar-refractivity contribution in [3.8, 4) is 0 Å². The van der Waals surface area contributed by atoms with Crippen LogP contribution in [0.1, 0.15) is 124 Å². The third-order valence-electron chi connectivity index (χ3n) is 14.3. The molecule has 8 bridgehead atoms. The first kappa shape index (κ1) is 45.9. The van der Waals surface area contributed by atoms with E-state index in [1.165, 1.54) is 21.1 Å². The molecule has 0 radical (unpaired) electrons. The number of nitrogens with one attached hydrogen (secondary N) is 2. The van der Waals surface area contributed by atoms with Gasteiger partial charge in [-0.15, -0.1) is 0 Å². The van der Waals surface area contributed by atoms with E-state index in [1.807, 2.05) is 58.0 Å². The highest BCUT2D eigenvalue weighted by Crippen LogP contribution is 2.52. The zero-order chi connectivity index (χ0) is 46.4. The van der Waals surface area contributed by atoms with Crippen molar-refractivity contribution >= 4 is 74.3 Å². The Morgan fingerprint density at radius 3 is 2.19 bits per heavy atom. The molecule has 0 amide bonds. The second-order valence-corrected chi connectivity index (χ2v) is 17.7. The van der Waals surface area contributed by atoms with Gasteiger partial charge in [-0.05, 0) is 130 Å². The van der Waals surface area contributed by atoms with E-state index >= 15 is 0 Å². The summed E-state index contributed by atoms with van der Waals surface area (Å²) >= 11 is 0. The van der Waals surface area contributed by atoms with Crippen LogP contribution in [0.2, 0.25) is 0 Å². The van der Waals surface area contributed by atoms with Gasteiger partial charge in [0, 0.05) is 64.5 Å². The van der Waals surface area contributed by atoms with Gasteiger partial charge in [0.15, 0.2) is 0 Å². The molecule has 0 aromatic carbocycles. The molecule has 3 aliphatic heterocycles. The van der Waals surface area contributed by atoms with Gasteiger partial charge in [-0.1, -0.05) is 39.2 Å². The fourth-order valence-electron chi connectivity index (χ4n) is 10.6. The number of aromatic nitrogens is 4. The molecule has 3 aromatic rings. The molecule has 1 saturated carbocycles. The van der Waals surface area contributed by atoms with Gasteiger partial charge >= 0.3 is 23.9 Å². The zero-order valence-corrected chi connectivity index (χ0v) is 38.5. The van der Waals surface area contributed by atoms with Crippen LogP contribution in [0.25, 0.3) is 50.4 Å². The van der Waals surface area contributed by atoms with Crippen molar-refractivity contribution < 1.29 is 43.2 Å². The van der Waals surface area contributed by atoms with Crippen molar-refractivity contribution in [3.05, 3.63) is 88.0 Å². The lowest BCUT2D eigenvalue weighted by molar-refractivity contribution is -0.297. The predicted octanol–water partition coefficient (Wildman–Crippen LogP) is 9.09. The summed E-state index contributed by atoms with van der Waals surface area (Å²) in [6, 6.07) is 6.01. The van der Waals surface area contributed by atoms with Crippen LogP contribution in [0, 0.1) is 37.5 Å². The van der Waals surface area contributed by atoms with Crippen molar-refractivity contribution in [1.29, 1.82) is 0 Å². The Hall–Kier alpha value is -6.08. The maximum absolute atomic E-state index is 13.1. The molecule has 2 fully saturated rings. The summed E-state index contributed by atoms with van der Waals surface area (Å²) < 4.78 is 21.4. The van der Waals surface area contributed by atoms with E-state index in [0.29, 0.717) is 49.2 Å². The quantitative estimate of drug-likeness (QED) is 0.117. The zero-order valence-electron chi connectivity index (χ0n) is 38.5. The Morgan fingerprint density at radius 1 is 0.844 bits per heavy atom. The van der Waals surface area contributed by atoms with Crippen LogP contribution >= 0.6 is 0 Å². The van der Waals surface area contributed by atoms with E-state index in [4.69, 9.17) is 28.9 Å². The molecule has 1 aliphatic carbocycles. The molecule has 13 nitrogen and oxygen atoms in total. The van der Waals surface area contributed by atoms with Gasteiger partial charge in [0.1, 0.15) is 5.60 Å². The van der Waals surface area contributed by atoms with Gasteiger partial charge in [0.25, 0.3) is 6.29 Å². The molecular formula is C51H60N4O9. The highest BCUT2D eigenvalue weighted by molar-refractivity contribution is 6.00. The molecule has 0 unspecified atom stereocenters. The number of fused-ring (bicyclic) bond motifs is 9. The average Bonchev–Trinajstić information content (AvgIpc) is 3.94. The van der Waals surface area contributed by atoms with Crippen LogP contribution in [-0.2, 0) is 51.0 Å². The van der Waals surface area contributed by atoms with Crippen LogP contribution in [0.4, 0.5) is 0 Å². The van der Waals surface area contributed by atoms with Crippen molar-refractivity contribution in [3.63, 3.8) is 0 Å². The Labute approximate surface area is 374 Å². The highest BCUT2D eigenvalue weighted by Gasteiger charge is 2.62. The maximum atomic E-state index is 13.1. The van der Waals surface area contributed by atoms with E-state index in [9.17, 15) is 24.3 Å². The standard InChI is InChI=1S/C51H60N4O9/c1-12-32-29(7)47-36(15-19-37-25(3)14-18-38-30(8)49(59)64-50(51(37,38)60)63-31(9)56)48-33(13-2)26(4)41(54-48)22-39-27(5)34(16-20-45(57)61-10)43(52-39)24-44-35(17-21-46(58)62-11)28(6)40(53-44)23-42(32)55-47/h12-13,22-25,30,37-38,50,53,55,60H,1-2,14-21H2,3-11H3/t25-,30-,37+,38+,50+,51-/m1/s1. The Bertz CT molecular complexity index is 2700. The minimum atomic E-state index is -1.63. The second-order valence-electron chi connectivity index (χ2n) is 17.7. The number of rotatable bonds is 12. The molecule has 6 heterocycles. The Kier molecular flexibility index (Phi) is 13.1. The number of nitrogens with zero attached hydrogens (tertiary/aromatic N) is 2. The SMILES string of the molecule is C=CC1=C(C)c2cc3nc(cc4[nH]c(cc5[nH]c(c(C)c5C=C)c(CC[C@H]5[C@H](C)CC[C@H]6[C@@H](C)C(=O)O[C@H](OC(C)=O)[C@@]56O)c1n2)c(C)c4CCC(=O)OC)C(CCC(=O)OC)=C3C. The van der Waals surface area contributed by atoms with E-state index in [2.05, 4.69) is 30.0 Å². The van der Waals surface area contributed by atoms with Crippen molar-refractivity contribution in [1.82, 2.24) is 19.9 Å². The molecule has 3 aromatic heterocycles. The molecule has 64 heavy (non-hydrogen) atoms. The molecule has 7 rings (SSSR count). The number of allylic oxidation sites excluding steroid dienone is 5. The lowest BCUT2D eigenvalue weighted by Crippen LogP contribution is -2.66. The number of ether oxygens (including phenoxy) is 4. The third-order valence-corrected chi connectivity index (χ3v) is 14.3. The fraction of sp³-hybridized carbons (Fsp3) is 0.451. The number of H-pyrrole nitrogens is 2. The van der Waals surface area contributed by atoms with E-state index in [1.54, 1.807) is 6.92 Å². The molecule has 1 saturated heterocycles. The van der Waals surface area contributed by atoms with Gasteiger partial charge in [-0.25, -0.2) is 9.97 Å². The molecule has 6 atom stereocenters. The normalized spacial score (nSPS) is 23.0. The van der Waals surface area contributed by atoms with E-state index in [0.717, 1.165) is 84.3 Å². The Balaban J connectivity index is 1.52. The smallest absolute Gasteiger partial charge is 0.312 e. The summed E-state index contributed by atoms with van der Waals surface area (Å²) in [5, 5.41) is 12.8. The number of aryl methyl sites for hydroxylation is 4. The second kappa shape index (κ2) is 18.2. The van der Waals surface area contributed by atoms with Crippen LogP contribution in [0.5, 0.6) is 0 Å². The van der Waals surface area contributed by atoms with Gasteiger partial charge in [0.2, 0.25) is 0 Å². The van der Waals surface area contributed by atoms with Gasteiger partial charge < -0.3 is 34.0 Å².